The summed E-state index contributed by atoms with van der Waals surface area (Å²) in [6.07, 6.45) is -4.85. The lowest BCUT2D eigenvalue weighted by atomic mass is 10.1. The van der Waals surface area contributed by atoms with E-state index in [2.05, 4.69) is 0 Å². The van der Waals surface area contributed by atoms with Crippen LogP contribution in [-0.2, 0) is 6.54 Å². The van der Waals surface area contributed by atoms with Crippen LogP contribution in [-0.4, -0.2) is 22.6 Å². The van der Waals surface area contributed by atoms with Crippen LogP contribution < -0.4 is 4.90 Å². The number of amides is 2. The number of carbonyl (C=O) groups excluding carboxylic acids is 1. The van der Waals surface area contributed by atoms with Gasteiger partial charge in [-0.05, 0) is 11.6 Å². The van der Waals surface area contributed by atoms with Crippen molar-refractivity contribution in [3.63, 3.8) is 0 Å². The summed E-state index contributed by atoms with van der Waals surface area (Å²) in [5.41, 5.74) is -0.00720. The zero-order valence-corrected chi connectivity index (χ0v) is 7.90. The Morgan fingerprint density at radius 3 is 2.50 bits per heavy atom. The highest BCUT2D eigenvalue weighted by atomic mass is 19.4. The van der Waals surface area contributed by atoms with Crippen molar-refractivity contribution in [2.75, 3.05) is 4.90 Å². The minimum atomic E-state index is -4.85. The van der Waals surface area contributed by atoms with E-state index in [0.29, 0.717) is 0 Å². The van der Waals surface area contributed by atoms with E-state index >= 15 is 0 Å². The van der Waals surface area contributed by atoms with Crippen LogP contribution in [0, 0.1) is 0 Å². The number of hydroxylamine groups is 2. The fraction of sp³-hybridized carbons (Fsp3) is 0.222. The highest BCUT2D eigenvalue weighted by Gasteiger charge is 2.47. The largest absolute Gasteiger partial charge is 0.493 e. The van der Waals surface area contributed by atoms with Gasteiger partial charge in [0.1, 0.15) is 0 Å². The molecule has 1 aromatic carbocycles. The maximum absolute atomic E-state index is 12.6. The number of carbonyl (C=O) groups is 1. The van der Waals surface area contributed by atoms with Crippen LogP contribution in [0.3, 0.4) is 0 Å². The van der Waals surface area contributed by atoms with Gasteiger partial charge < -0.3 is 0 Å². The Hall–Kier alpha value is -1.76. The summed E-state index contributed by atoms with van der Waals surface area (Å²) >= 11 is 0. The molecule has 0 bridgehead atoms. The minimum Gasteiger partial charge on any atom is -0.284 e. The molecule has 0 aromatic heterocycles. The molecule has 2 rings (SSSR count). The molecule has 1 N–H and O–H groups in total. The van der Waals surface area contributed by atoms with E-state index in [-0.39, 0.29) is 27.8 Å². The Morgan fingerprint density at radius 1 is 1.25 bits per heavy atom. The number of hydrogen-bond donors (Lipinski definition) is 1. The molecule has 0 aliphatic carbocycles. The zero-order valence-electron chi connectivity index (χ0n) is 7.90. The molecule has 1 aromatic rings. The van der Waals surface area contributed by atoms with Crippen molar-refractivity contribution in [1.82, 2.24) is 5.06 Å². The molecule has 0 unspecified atom stereocenters. The van der Waals surface area contributed by atoms with Gasteiger partial charge in [-0.1, -0.05) is 18.2 Å². The summed E-state index contributed by atoms with van der Waals surface area (Å²) in [6, 6.07) is 4.05. The molecule has 4 nitrogen and oxygen atoms in total. The van der Waals surface area contributed by atoms with E-state index in [0.717, 1.165) is 0 Å². The molecule has 1 aliphatic heterocycles. The van der Waals surface area contributed by atoms with E-state index in [1.165, 1.54) is 24.3 Å². The van der Waals surface area contributed by atoms with Gasteiger partial charge in [-0.2, -0.15) is 0 Å². The molecule has 0 fully saturated rings. The lowest BCUT2D eigenvalue weighted by Crippen LogP contribution is -2.52. The van der Waals surface area contributed by atoms with Crippen molar-refractivity contribution in [2.24, 2.45) is 0 Å². The minimum absolute atomic E-state index is 0.0375. The third kappa shape index (κ3) is 1.58. The van der Waals surface area contributed by atoms with Crippen LogP contribution in [0.5, 0.6) is 0 Å². The summed E-state index contributed by atoms with van der Waals surface area (Å²) in [7, 11) is 0. The predicted octanol–water partition coefficient (Wildman–Crippen LogP) is 2.34. The molecular formula is C9H7F3N2O2. The summed E-state index contributed by atoms with van der Waals surface area (Å²) < 4.78 is 37.8. The average molecular weight is 232 g/mol. The second kappa shape index (κ2) is 3.38. The lowest BCUT2D eigenvalue weighted by Gasteiger charge is -2.34. The molecule has 7 heteroatoms. The van der Waals surface area contributed by atoms with Crippen molar-refractivity contribution in [1.29, 1.82) is 0 Å². The molecule has 0 atom stereocenters. The number of hydrogen-bond acceptors (Lipinski definition) is 2. The molecule has 16 heavy (non-hydrogen) atoms. The van der Waals surface area contributed by atoms with Gasteiger partial charge in [0.15, 0.2) is 0 Å². The number of alkyl halides is 3. The maximum atomic E-state index is 12.6. The zero-order chi connectivity index (χ0) is 11.9. The first-order valence-corrected chi connectivity index (χ1v) is 4.36. The standard InChI is InChI=1S/C9H7F3N2O2/c10-9(11,12)14-7-4-2-1-3-6(7)5-13(16)8(14)15/h1-4,16H,5H2. The van der Waals surface area contributed by atoms with Gasteiger partial charge in [0.25, 0.3) is 0 Å². The number of anilines is 1. The van der Waals surface area contributed by atoms with Crippen LogP contribution in [0.4, 0.5) is 23.7 Å². The third-order valence-electron chi connectivity index (χ3n) is 2.22. The normalized spacial score (nSPS) is 16.4. The van der Waals surface area contributed by atoms with Gasteiger partial charge in [-0.3, -0.25) is 5.21 Å². The van der Waals surface area contributed by atoms with E-state index in [1.807, 2.05) is 0 Å². The number of urea groups is 1. The summed E-state index contributed by atoms with van der Waals surface area (Å²) in [4.78, 5) is 10.8. The SMILES string of the molecule is O=C1N(O)Cc2ccccc2N1C(F)(F)F. The van der Waals surface area contributed by atoms with E-state index in [4.69, 9.17) is 5.21 Å². The lowest BCUT2D eigenvalue weighted by molar-refractivity contribution is -0.135. The maximum Gasteiger partial charge on any atom is 0.493 e. The quantitative estimate of drug-likeness (QED) is 0.551. The number of halogens is 3. The smallest absolute Gasteiger partial charge is 0.284 e. The molecule has 86 valence electrons. The summed E-state index contributed by atoms with van der Waals surface area (Å²) in [6.45, 7) is -0.248. The monoisotopic (exact) mass is 232 g/mol. The second-order valence-electron chi connectivity index (χ2n) is 3.27. The predicted molar refractivity (Wildman–Crippen MR) is 47.7 cm³/mol. The van der Waals surface area contributed by atoms with E-state index < -0.39 is 12.3 Å². The molecule has 0 saturated carbocycles. The fourth-order valence-electron chi connectivity index (χ4n) is 1.56. The highest BCUT2D eigenvalue weighted by molar-refractivity contribution is 5.94. The van der Waals surface area contributed by atoms with Gasteiger partial charge in [0.05, 0.1) is 12.2 Å². The van der Waals surface area contributed by atoms with Crippen molar-refractivity contribution >= 4 is 11.7 Å². The van der Waals surface area contributed by atoms with Crippen LogP contribution >= 0.6 is 0 Å². The molecular weight excluding hydrogens is 225 g/mol. The first kappa shape index (κ1) is 10.7. The molecule has 0 saturated heterocycles. The second-order valence-corrected chi connectivity index (χ2v) is 3.27. The number of benzene rings is 1. The fourth-order valence-corrected chi connectivity index (χ4v) is 1.56. The first-order valence-electron chi connectivity index (χ1n) is 4.36. The van der Waals surface area contributed by atoms with Crippen LogP contribution in [0.2, 0.25) is 0 Å². The van der Waals surface area contributed by atoms with E-state index in [1.54, 1.807) is 0 Å². The van der Waals surface area contributed by atoms with Gasteiger partial charge in [0.2, 0.25) is 0 Å². The number of para-hydroxylation sites is 1. The van der Waals surface area contributed by atoms with Crippen molar-refractivity contribution in [3.05, 3.63) is 29.8 Å². The third-order valence-corrected chi connectivity index (χ3v) is 2.22. The van der Waals surface area contributed by atoms with Crippen molar-refractivity contribution < 1.29 is 23.2 Å². The summed E-state index contributed by atoms with van der Waals surface area (Å²) in [5.74, 6) is 0. The molecule has 2 amide bonds. The van der Waals surface area contributed by atoms with Crippen LogP contribution in [0.1, 0.15) is 5.56 Å². The number of fused-ring (bicyclic) bond motifs is 1. The van der Waals surface area contributed by atoms with Gasteiger partial charge in [-0.15, -0.1) is 13.2 Å². The molecule has 0 spiro atoms. The van der Waals surface area contributed by atoms with Gasteiger partial charge >= 0.3 is 12.3 Å². The molecule has 1 aliphatic rings. The van der Waals surface area contributed by atoms with E-state index in [9.17, 15) is 18.0 Å². The Labute approximate surface area is 88.4 Å². The average Bonchev–Trinajstić information content (AvgIpc) is 2.17. The van der Waals surface area contributed by atoms with Crippen molar-refractivity contribution in [3.8, 4) is 0 Å². The van der Waals surface area contributed by atoms with Crippen molar-refractivity contribution in [2.45, 2.75) is 12.8 Å². The summed E-state index contributed by atoms with van der Waals surface area (Å²) in [5, 5.41) is 9.14. The van der Waals surface area contributed by atoms with Crippen LogP contribution in [0.15, 0.2) is 24.3 Å². The number of rotatable bonds is 0. The Balaban J connectivity index is 2.55. The molecule has 1 heterocycles. The first-order chi connectivity index (χ1) is 7.41. The Kier molecular flexibility index (Phi) is 2.27. The Morgan fingerprint density at radius 2 is 1.88 bits per heavy atom. The molecule has 0 radical (unpaired) electrons. The van der Waals surface area contributed by atoms with Gasteiger partial charge in [-0.25, -0.2) is 14.8 Å². The van der Waals surface area contributed by atoms with Gasteiger partial charge in [0, 0.05) is 0 Å². The number of nitrogens with zero attached hydrogens (tertiary/aromatic N) is 2. The highest BCUT2D eigenvalue weighted by Crippen LogP contribution is 2.35. The van der Waals surface area contributed by atoms with Crippen LogP contribution in [0.25, 0.3) is 0 Å². The topological polar surface area (TPSA) is 43.8 Å². The Bertz CT molecular complexity index is 433.